The summed E-state index contributed by atoms with van der Waals surface area (Å²) in [5.41, 5.74) is 4.54. The van der Waals surface area contributed by atoms with Crippen LogP contribution in [0.15, 0.2) is 18.2 Å². The lowest BCUT2D eigenvalue weighted by atomic mass is 10.0. The van der Waals surface area contributed by atoms with Gasteiger partial charge in [-0.2, -0.15) is 0 Å². The normalized spacial score (nSPS) is 13.9. The van der Waals surface area contributed by atoms with Crippen LogP contribution >= 0.6 is 0 Å². The Kier molecular flexibility index (Phi) is 5.65. The Balaban J connectivity index is 3.04. The molecule has 1 aromatic carbocycles. The molecule has 19 heavy (non-hydrogen) atoms. The Morgan fingerprint density at radius 2 is 1.95 bits per heavy atom. The van der Waals surface area contributed by atoms with Crippen molar-refractivity contribution < 1.29 is 27.8 Å². The fraction of sp³-hybridized carbons (Fsp3) is 0.417. The molecule has 0 aliphatic rings. The fourth-order valence-electron chi connectivity index (χ4n) is 1.62. The molecule has 0 radical (unpaired) electrons. The molecule has 2 atom stereocenters. The van der Waals surface area contributed by atoms with E-state index in [1.807, 2.05) is 0 Å². The first kappa shape index (κ1) is 15.3. The van der Waals surface area contributed by atoms with Crippen LogP contribution in [-0.2, 0) is 14.2 Å². The van der Waals surface area contributed by atoms with Gasteiger partial charge in [-0.15, -0.1) is 0 Å². The molecule has 5 nitrogen and oxygen atoms in total. The van der Waals surface area contributed by atoms with E-state index in [-0.39, 0.29) is 12.4 Å². The number of carbonyl (C=O) groups excluding carboxylic acids is 1. The van der Waals surface area contributed by atoms with Crippen LogP contribution in [0.5, 0.6) is 0 Å². The third-order valence-corrected chi connectivity index (χ3v) is 2.38. The number of amides is 1. The van der Waals surface area contributed by atoms with Crippen LogP contribution in [-0.4, -0.2) is 26.1 Å². The molecular weight excluding hydrogens is 260 g/mol. The van der Waals surface area contributed by atoms with Gasteiger partial charge in [-0.05, 0) is 19.1 Å². The molecule has 0 aliphatic heterocycles. The molecule has 7 heteroatoms. The van der Waals surface area contributed by atoms with Crippen molar-refractivity contribution in [2.75, 3.05) is 13.9 Å². The number of halogens is 2. The Morgan fingerprint density at radius 1 is 1.37 bits per heavy atom. The summed E-state index contributed by atoms with van der Waals surface area (Å²) in [7, 11) is 1.36. The summed E-state index contributed by atoms with van der Waals surface area (Å²) in [6.07, 6.45) is -3.19. The smallest absolute Gasteiger partial charge is 0.404 e. The summed E-state index contributed by atoms with van der Waals surface area (Å²) in [6, 6.07) is 3.39. The zero-order valence-electron chi connectivity index (χ0n) is 10.6. The number of carbonyl (C=O) groups is 1. The summed E-state index contributed by atoms with van der Waals surface area (Å²) in [6.45, 7) is 1.20. The van der Waals surface area contributed by atoms with Crippen LogP contribution in [0.4, 0.5) is 13.6 Å². The standard InChI is InChI=1S/C12H15F2NO4/c1-7(19-12(15)16)11(18-6-17-2)10-8(13)4-3-5-9(10)14/h3-5,7,11H,6H2,1-2H3,(H2,15,16)/t7-,11+/m0/s1. The molecule has 1 aromatic rings. The highest BCUT2D eigenvalue weighted by molar-refractivity contribution is 5.64. The molecule has 2 N–H and O–H groups in total. The molecule has 1 rings (SSSR count). The number of primary amides is 1. The van der Waals surface area contributed by atoms with E-state index in [1.165, 1.54) is 20.1 Å². The molecule has 0 heterocycles. The van der Waals surface area contributed by atoms with Gasteiger partial charge in [-0.3, -0.25) is 0 Å². The zero-order valence-corrected chi connectivity index (χ0v) is 10.6. The maximum atomic E-state index is 13.7. The van der Waals surface area contributed by atoms with Crippen molar-refractivity contribution in [3.63, 3.8) is 0 Å². The highest BCUT2D eigenvalue weighted by Gasteiger charge is 2.28. The van der Waals surface area contributed by atoms with Crippen molar-refractivity contribution >= 4 is 6.09 Å². The predicted octanol–water partition coefficient (Wildman–Crippen LogP) is 2.11. The molecule has 0 spiro atoms. The minimum absolute atomic E-state index is 0.217. The van der Waals surface area contributed by atoms with Crippen molar-refractivity contribution in [2.24, 2.45) is 5.73 Å². The monoisotopic (exact) mass is 275 g/mol. The first-order chi connectivity index (χ1) is 8.97. The van der Waals surface area contributed by atoms with Gasteiger partial charge in [0, 0.05) is 7.11 Å². The second-order valence-corrected chi connectivity index (χ2v) is 3.77. The maximum Gasteiger partial charge on any atom is 0.404 e. The lowest BCUT2D eigenvalue weighted by Crippen LogP contribution is -2.29. The van der Waals surface area contributed by atoms with E-state index >= 15 is 0 Å². The lowest BCUT2D eigenvalue weighted by molar-refractivity contribution is -0.113. The van der Waals surface area contributed by atoms with E-state index < -0.39 is 29.9 Å². The average Bonchev–Trinajstić information content (AvgIpc) is 2.31. The van der Waals surface area contributed by atoms with Gasteiger partial charge in [-0.1, -0.05) is 6.07 Å². The van der Waals surface area contributed by atoms with Crippen LogP contribution in [0.2, 0.25) is 0 Å². The third kappa shape index (κ3) is 4.15. The molecule has 1 amide bonds. The van der Waals surface area contributed by atoms with Crippen molar-refractivity contribution in [1.29, 1.82) is 0 Å². The van der Waals surface area contributed by atoms with Crippen LogP contribution < -0.4 is 5.73 Å². The number of rotatable bonds is 6. The molecule has 0 unspecified atom stereocenters. The molecule has 0 saturated carbocycles. The topological polar surface area (TPSA) is 70.8 Å². The van der Waals surface area contributed by atoms with Crippen molar-refractivity contribution in [1.82, 2.24) is 0 Å². The van der Waals surface area contributed by atoms with Gasteiger partial charge in [0.15, 0.2) is 0 Å². The molecule has 0 bridgehead atoms. The van der Waals surface area contributed by atoms with Gasteiger partial charge in [0.05, 0.1) is 5.56 Å². The van der Waals surface area contributed by atoms with Crippen LogP contribution in [0.3, 0.4) is 0 Å². The van der Waals surface area contributed by atoms with Crippen LogP contribution in [0.1, 0.15) is 18.6 Å². The van der Waals surface area contributed by atoms with E-state index in [2.05, 4.69) is 4.74 Å². The quantitative estimate of drug-likeness (QED) is 0.807. The number of benzene rings is 1. The summed E-state index contributed by atoms with van der Waals surface area (Å²) >= 11 is 0. The second-order valence-electron chi connectivity index (χ2n) is 3.77. The lowest BCUT2D eigenvalue weighted by Gasteiger charge is -2.24. The summed E-state index contributed by atoms with van der Waals surface area (Å²) < 4.78 is 41.9. The van der Waals surface area contributed by atoms with E-state index in [1.54, 1.807) is 0 Å². The Morgan fingerprint density at radius 3 is 2.42 bits per heavy atom. The third-order valence-electron chi connectivity index (χ3n) is 2.38. The van der Waals surface area contributed by atoms with Gasteiger partial charge in [0.2, 0.25) is 0 Å². The minimum atomic E-state index is -1.16. The number of nitrogens with two attached hydrogens (primary N) is 1. The Bertz CT molecular complexity index is 421. The molecule has 0 saturated heterocycles. The van der Waals surface area contributed by atoms with E-state index in [9.17, 15) is 13.6 Å². The van der Waals surface area contributed by atoms with Crippen LogP contribution in [0, 0.1) is 11.6 Å². The van der Waals surface area contributed by atoms with E-state index in [0.717, 1.165) is 12.1 Å². The first-order valence-corrected chi connectivity index (χ1v) is 5.48. The maximum absolute atomic E-state index is 13.7. The summed E-state index contributed by atoms with van der Waals surface area (Å²) in [5.74, 6) is -1.61. The SMILES string of the molecule is COCO[C@@H](c1c(F)cccc1F)[C@H](C)OC(N)=O. The van der Waals surface area contributed by atoms with Gasteiger partial charge in [0.1, 0.15) is 30.6 Å². The first-order valence-electron chi connectivity index (χ1n) is 5.48. The average molecular weight is 275 g/mol. The Hall–Kier alpha value is -1.73. The van der Waals surface area contributed by atoms with Crippen molar-refractivity contribution in [3.05, 3.63) is 35.4 Å². The number of hydrogen-bond acceptors (Lipinski definition) is 4. The van der Waals surface area contributed by atoms with E-state index in [4.69, 9.17) is 15.2 Å². The van der Waals surface area contributed by atoms with E-state index in [0.29, 0.717) is 0 Å². The minimum Gasteiger partial charge on any atom is -0.444 e. The van der Waals surface area contributed by atoms with Gasteiger partial charge in [0.25, 0.3) is 0 Å². The van der Waals surface area contributed by atoms with Crippen LogP contribution in [0.25, 0.3) is 0 Å². The van der Waals surface area contributed by atoms with Gasteiger partial charge < -0.3 is 19.9 Å². The number of hydrogen-bond donors (Lipinski definition) is 1. The second kappa shape index (κ2) is 7.01. The molecule has 106 valence electrons. The molecular formula is C12H15F2NO4. The fourth-order valence-corrected chi connectivity index (χ4v) is 1.62. The van der Waals surface area contributed by atoms with Gasteiger partial charge >= 0.3 is 6.09 Å². The largest absolute Gasteiger partial charge is 0.444 e. The summed E-state index contributed by atoms with van der Waals surface area (Å²) in [5, 5.41) is 0. The highest BCUT2D eigenvalue weighted by atomic mass is 19.1. The Labute approximate surface area is 109 Å². The van der Waals surface area contributed by atoms with Crippen molar-refractivity contribution in [2.45, 2.75) is 19.1 Å². The summed E-state index contributed by atoms with van der Waals surface area (Å²) in [4.78, 5) is 10.7. The molecule has 0 aliphatic carbocycles. The highest BCUT2D eigenvalue weighted by Crippen LogP contribution is 2.28. The number of methoxy groups -OCH3 is 1. The predicted molar refractivity (Wildman–Crippen MR) is 62.2 cm³/mol. The zero-order chi connectivity index (χ0) is 14.4. The number of ether oxygens (including phenoxy) is 3. The molecule has 0 fully saturated rings. The molecule has 0 aromatic heterocycles. The van der Waals surface area contributed by atoms with Crippen molar-refractivity contribution in [3.8, 4) is 0 Å². The van der Waals surface area contributed by atoms with Gasteiger partial charge in [-0.25, -0.2) is 13.6 Å².